The lowest BCUT2D eigenvalue weighted by molar-refractivity contribution is 0.601. The molecule has 1 aromatic rings. The van der Waals surface area contributed by atoms with Crippen molar-refractivity contribution in [1.29, 1.82) is 0 Å². The number of nitrogens with two attached hydrogens (primary N) is 1. The molecule has 3 nitrogen and oxygen atoms in total. The first kappa shape index (κ1) is 13.8. The highest BCUT2D eigenvalue weighted by molar-refractivity contribution is 7.90. The van der Waals surface area contributed by atoms with Crippen molar-refractivity contribution in [1.82, 2.24) is 0 Å². The van der Waals surface area contributed by atoms with Crippen LogP contribution in [0.15, 0.2) is 29.2 Å². The second-order valence-corrected chi connectivity index (χ2v) is 5.93. The molecule has 2 N–H and O–H groups in total. The van der Waals surface area contributed by atoms with Crippen molar-refractivity contribution >= 4 is 9.84 Å². The highest BCUT2D eigenvalue weighted by Crippen LogP contribution is 2.19. The van der Waals surface area contributed by atoms with E-state index in [0.29, 0.717) is 4.90 Å². The first-order valence-electron chi connectivity index (χ1n) is 5.40. The highest BCUT2D eigenvalue weighted by Gasteiger charge is 2.10. The van der Waals surface area contributed by atoms with Crippen LogP contribution in [-0.4, -0.2) is 14.7 Å². The molecule has 0 saturated carbocycles. The summed E-state index contributed by atoms with van der Waals surface area (Å²) in [5, 5.41) is 0. The molecule has 0 spiro atoms. The number of rotatable bonds is 4. The Hall–Kier alpha value is -1.31. The van der Waals surface area contributed by atoms with E-state index in [1.165, 1.54) is 6.26 Å². The van der Waals surface area contributed by atoms with Crippen LogP contribution in [0.4, 0.5) is 0 Å². The van der Waals surface area contributed by atoms with Crippen LogP contribution >= 0.6 is 0 Å². The SMILES string of the molecule is CC#CCCC(N)c1cccc(S(C)(=O)=O)c1. The van der Waals surface area contributed by atoms with Crippen molar-refractivity contribution in [3.8, 4) is 11.8 Å². The third kappa shape index (κ3) is 4.22. The Kier molecular flexibility index (Phi) is 4.73. The summed E-state index contributed by atoms with van der Waals surface area (Å²) in [6, 6.07) is 6.62. The van der Waals surface area contributed by atoms with E-state index in [1.54, 1.807) is 25.1 Å². The molecule has 0 saturated heterocycles. The summed E-state index contributed by atoms with van der Waals surface area (Å²) >= 11 is 0. The Morgan fingerprint density at radius 3 is 2.71 bits per heavy atom. The van der Waals surface area contributed by atoms with E-state index in [2.05, 4.69) is 11.8 Å². The van der Waals surface area contributed by atoms with Gasteiger partial charge in [-0.05, 0) is 31.0 Å². The lowest BCUT2D eigenvalue weighted by Gasteiger charge is -2.11. The molecule has 0 aliphatic carbocycles. The second-order valence-electron chi connectivity index (χ2n) is 3.92. The van der Waals surface area contributed by atoms with Crippen LogP contribution < -0.4 is 5.73 Å². The predicted octanol–water partition coefficient (Wildman–Crippen LogP) is 1.89. The van der Waals surface area contributed by atoms with Gasteiger partial charge in [0.25, 0.3) is 0 Å². The number of hydrogen-bond acceptors (Lipinski definition) is 3. The molecular weight excluding hydrogens is 234 g/mol. The zero-order valence-corrected chi connectivity index (χ0v) is 10.9. The number of benzene rings is 1. The van der Waals surface area contributed by atoms with Crippen LogP contribution in [0.5, 0.6) is 0 Å². The predicted molar refractivity (Wildman–Crippen MR) is 69.2 cm³/mol. The van der Waals surface area contributed by atoms with Crippen molar-refractivity contribution in [3.05, 3.63) is 29.8 Å². The highest BCUT2D eigenvalue weighted by atomic mass is 32.2. The first-order chi connectivity index (χ1) is 7.95. The summed E-state index contributed by atoms with van der Waals surface area (Å²) in [6.45, 7) is 1.79. The van der Waals surface area contributed by atoms with Gasteiger partial charge < -0.3 is 5.73 Å². The van der Waals surface area contributed by atoms with Gasteiger partial charge in [0, 0.05) is 18.7 Å². The third-order valence-electron chi connectivity index (χ3n) is 2.47. The van der Waals surface area contributed by atoms with E-state index in [1.807, 2.05) is 6.07 Å². The Morgan fingerprint density at radius 2 is 2.12 bits per heavy atom. The molecule has 0 aromatic heterocycles. The Labute approximate surface area is 103 Å². The fraction of sp³-hybridized carbons (Fsp3) is 0.385. The summed E-state index contributed by atoms with van der Waals surface area (Å²) in [6.07, 6.45) is 2.65. The molecule has 0 fully saturated rings. The van der Waals surface area contributed by atoms with Gasteiger partial charge in [0.1, 0.15) is 0 Å². The molecule has 1 atom stereocenters. The average molecular weight is 251 g/mol. The van der Waals surface area contributed by atoms with Crippen molar-refractivity contribution in [2.75, 3.05) is 6.26 Å². The van der Waals surface area contributed by atoms with E-state index in [-0.39, 0.29) is 6.04 Å². The second kappa shape index (κ2) is 5.85. The first-order valence-corrected chi connectivity index (χ1v) is 7.29. The topological polar surface area (TPSA) is 60.2 Å². The monoisotopic (exact) mass is 251 g/mol. The van der Waals surface area contributed by atoms with E-state index >= 15 is 0 Å². The van der Waals surface area contributed by atoms with Crippen molar-refractivity contribution < 1.29 is 8.42 Å². The van der Waals surface area contributed by atoms with Crippen LogP contribution in [0.25, 0.3) is 0 Å². The van der Waals surface area contributed by atoms with Gasteiger partial charge in [-0.15, -0.1) is 11.8 Å². The smallest absolute Gasteiger partial charge is 0.175 e. The van der Waals surface area contributed by atoms with Gasteiger partial charge in [-0.1, -0.05) is 12.1 Å². The molecule has 0 aliphatic rings. The third-order valence-corrected chi connectivity index (χ3v) is 3.58. The van der Waals surface area contributed by atoms with Crippen molar-refractivity contribution in [2.24, 2.45) is 5.73 Å². The summed E-state index contributed by atoms with van der Waals surface area (Å²) in [5.74, 6) is 5.75. The maximum absolute atomic E-state index is 11.4. The van der Waals surface area contributed by atoms with E-state index in [0.717, 1.165) is 18.4 Å². The van der Waals surface area contributed by atoms with Crippen LogP contribution in [0.1, 0.15) is 31.4 Å². The Bertz CT molecular complexity index is 538. The molecule has 0 aliphatic heterocycles. The minimum atomic E-state index is -3.17. The van der Waals surface area contributed by atoms with Crippen molar-refractivity contribution in [3.63, 3.8) is 0 Å². The van der Waals surface area contributed by atoms with Crippen molar-refractivity contribution in [2.45, 2.75) is 30.7 Å². The van der Waals surface area contributed by atoms with Crippen LogP contribution in [0.3, 0.4) is 0 Å². The molecule has 4 heteroatoms. The molecule has 1 unspecified atom stereocenters. The number of hydrogen-bond donors (Lipinski definition) is 1. The van der Waals surface area contributed by atoms with Crippen LogP contribution in [-0.2, 0) is 9.84 Å². The number of sulfone groups is 1. The maximum atomic E-state index is 11.4. The molecule has 1 rings (SSSR count). The molecule has 0 radical (unpaired) electrons. The molecule has 1 aromatic carbocycles. The summed E-state index contributed by atoms with van der Waals surface area (Å²) in [4.78, 5) is 0.312. The quantitative estimate of drug-likeness (QED) is 0.831. The van der Waals surface area contributed by atoms with E-state index in [9.17, 15) is 8.42 Å². The van der Waals surface area contributed by atoms with Gasteiger partial charge in [0.15, 0.2) is 9.84 Å². The molecule has 17 heavy (non-hydrogen) atoms. The largest absolute Gasteiger partial charge is 0.324 e. The fourth-order valence-corrected chi connectivity index (χ4v) is 2.17. The maximum Gasteiger partial charge on any atom is 0.175 e. The Morgan fingerprint density at radius 1 is 1.41 bits per heavy atom. The van der Waals surface area contributed by atoms with E-state index < -0.39 is 9.84 Å². The normalized spacial score (nSPS) is 12.6. The zero-order valence-electron chi connectivity index (χ0n) is 10.1. The van der Waals surface area contributed by atoms with Gasteiger partial charge >= 0.3 is 0 Å². The minimum Gasteiger partial charge on any atom is -0.324 e. The standard InChI is InChI=1S/C13H17NO2S/c1-3-4-5-9-13(14)11-7-6-8-12(10-11)17(2,15)16/h6-8,10,13H,5,9,14H2,1-2H3. The summed E-state index contributed by atoms with van der Waals surface area (Å²) in [5.41, 5.74) is 6.82. The molecule has 0 amide bonds. The summed E-state index contributed by atoms with van der Waals surface area (Å²) in [7, 11) is -3.17. The Balaban J connectivity index is 2.87. The lowest BCUT2D eigenvalue weighted by atomic mass is 10.0. The van der Waals surface area contributed by atoms with Gasteiger partial charge in [0.2, 0.25) is 0 Å². The lowest BCUT2D eigenvalue weighted by Crippen LogP contribution is -2.10. The van der Waals surface area contributed by atoms with Crippen LogP contribution in [0.2, 0.25) is 0 Å². The van der Waals surface area contributed by atoms with Gasteiger partial charge in [-0.25, -0.2) is 8.42 Å². The van der Waals surface area contributed by atoms with Gasteiger partial charge in [0.05, 0.1) is 4.90 Å². The molecular formula is C13H17NO2S. The van der Waals surface area contributed by atoms with Gasteiger partial charge in [-0.2, -0.15) is 0 Å². The molecule has 92 valence electrons. The summed E-state index contributed by atoms with van der Waals surface area (Å²) < 4.78 is 22.8. The van der Waals surface area contributed by atoms with Gasteiger partial charge in [-0.3, -0.25) is 0 Å². The van der Waals surface area contributed by atoms with E-state index in [4.69, 9.17) is 5.73 Å². The molecule has 0 bridgehead atoms. The molecule has 0 heterocycles. The minimum absolute atomic E-state index is 0.169. The zero-order chi connectivity index (χ0) is 12.9. The average Bonchev–Trinajstić information content (AvgIpc) is 2.28. The van der Waals surface area contributed by atoms with Crippen LogP contribution in [0, 0.1) is 11.8 Å². The fourth-order valence-electron chi connectivity index (χ4n) is 1.50.